The van der Waals surface area contributed by atoms with Crippen molar-refractivity contribution < 1.29 is 9.18 Å². The molecule has 0 unspecified atom stereocenters. The molecule has 0 aliphatic heterocycles. The molecule has 8 rings (SSSR count). The first-order chi connectivity index (χ1) is 24.1. The molecule has 4 aromatic heterocycles. The summed E-state index contributed by atoms with van der Waals surface area (Å²) in [6.07, 6.45) is 5.98. The second-order valence-electron chi connectivity index (χ2n) is 11.7. The summed E-state index contributed by atoms with van der Waals surface area (Å²) < 4.78 is 18.3. The molecule has 8 heteroatoms. The maximum atomic E-state index is 14.2. The molecule has 0 bridgehead atoms. The number of carbonyl (C=O) groups is 1. The predicted octanol–water partition coefficient (Wildman–Crippen LogP) is 8.93. The van der Waals surface area contributed by atoms with E-state index < -0.39 is 5.54 Å². The third kappa shape index (κ3) is 5.23. The van der Waals surface area contributed by atoms with Gasteiger partial charge in [0.25, 0.3) is 5.91 Å². The fraction of sp³-hybridized carbons (Fsp3) is 0.0488. The monoisotopic (exact) mass is 659 g/mol. The molecule has 4 heterocycles. The lowest BCUT2D eigenvalue weighted by Gasteiger charge is -2.36. The van der Waals surface area contributed by atoms with Crippen LogP contribution in [0.3, 0.4) is 0 Å². The van der Waals surface area contributed by atoms with Crippen molar-refractivity contribution in [2.75, 3.05) is 7.05 Å². The van der Waals surface area contributed by atoms with E-state index in [1.807, 2.05) is 53.1 Å². The molecule has 1 N–H and O–H groups in total. The quantitative estimate of drug-likeness (QED) is 0.166. The van der Waals surface area contributed by atoms with Gasteiger partial charge in [-0.2, -0.15) is 5.10 Å². The number of thiophene rings is 1. The van der Waals surface area contributed by atoms with Crippen LogP contribution in [0, 0.1) is 5.82 Å². The molecule has 1 amide bonds. The lowest BCUT2D eigenvalue weighted by molar-refractivity contribution is 0.0967. The Labute approximate surface area is 286 Å². The van der Waals surface area contributed by atoms with Crippen molar-refractivity contribution in [2.24, 2.45) is 0 Å². The van der Waals surface area contributed by atoms with Crippen molar-refractivity contribution in [3.63, 3.8) is 0 Å². The van der Waals surface area contributed by atoms with Crippen molar-refractivity contribution in [3.8, 4) is 33.0 Å². The van der Waals surface area contributed by atoms with Crippen LogP contribution in [0.1, 0.15) is 26.4 Å². The Hall–Kier alpha value is -6.12. The summed E-state index contributed by atoms with van der Waals surface area (Å²) in [5.41, 5.74) is 7.23. The molecular formula is C41H30FN5OS. The van der Waals surface area contributed by atoms with Crippen molar-refractivity contribution in [2.45, 2.75) is 5.54 Å². The molecule has 0 saturated carbocycles. The number of fused-ring (bicyclic) bond motifs is 1. The highest BCUT2D eigenvalue weighted by Crippen LogP contribution is 2.43. The van der Waals surface area contributed by atoms with Crippen LogP contribution in [0.2, 0.25) is 0 Å². The van der Waals surface area contributed by atoms with E-state index in [4.69, 9.17) is 5.10 Å². The third-order valence-corrected chi connectivity index (χ3v) is 9.98. The van der Waals surface area contributed by atoms with Gasteiger partial charge in [-0.3, -0.25) is 13.9 Å². The van der Waals surface area contributed by atoms with Crippen LogP contribution >= 0.6 is 11.3 Å². The van der Waals surface area contributed by atoms with Crippen LogP contribution in [-0.2, 0) is 5.54 Å². The highest BCUT2D eigenvalue weighted by Gasteiger charge is 2.40. The minimum Gasteiger partial charge on any atom is -0.354 e. The zero-order chi connectivity index (χ0) is 33.4. The first-order valence-electron chi connectivity index (χ1n) is 15.9. The number of amides is 1. The lowest BCUT2D eigenvalue weighted by Crippen LogP contribution is -2.38. The first kappa shape index (κ1) is 30.2. The third-order valence-electron chi connectivity index (χ3n) is 8.88. The van der Waals surface area contributed by atoms with E-state index in [2.05, 4.69) is 100 Å². The Kier molecular flexibility index (Phi) is 7.70. The molecule has 0 spiro atoms. The molecule has 0 saturated heterocycles. The Bertz CT molecular complexity index is 2300. The van der Waals surface area contributed by atoms with Gasteiger partial charge in [0.1, 0.15) is 22.7 Å². The topological polar surface area (TPSA) is 64.2 Å². The zero-order valence-electron chi connectivity index (χ0n) is 26.5. The van der Waals surface area contributed by atoms with Crippen LogP contribution in [-0.4, -0.2) is 32.1 Å². The molecule has 0 radical (unpaired) electrons. The summed E-state index contributed by atoms with van der Waals surface area (Å²) in [5.74, 6) is -0.436. The molecule has 8 aromatic rings. The number of nitrogens with one attached hydrogen (secondary N) is 1. The molecule has 0 aliphatic rings. The highest BCUT2D eigenvalue weighted by atomic mass is 32.1. The van der Waals surface area contributed by atoms with Crippen LogP contribution in [0.25, 0.3) is 38.6 Å². The number of imidazole rings is 1. The van der Waals surface area contributed by atoms with Crippen molar-refractivity contribution in [1.29, 1.82) is 0 Å². The predicted molar refractivity (Wildman–Crippen MR) is 193 cm³/mol. The van der Waals surface area contributed by atoms with Crippen LogP contribution < -0.4 is 5.32 Å². The average Bonchev–Trinajstić information content (AvgIpc) is 3.92. The molecule has 6 nitrogen and oxygen atoms in total. The van der Waals surface area contributed by atoms with Gasteiger partial charge in [-0.05, 0) is 65.2 Å². The maximum Gasteiger partial charge on any atom is 0.261 e. The molecule has 4 aromatic carbocycles. The molecular weight excluding hydrogens is 630 g/mol. The van der Waals surface area contributed by atoms with Crippen molar-refractivity contribution in [3.05, 3.63) is 186 Å². The van der Waals surface area contributed by atoms with E-state index in [-0.39, 0.29) is 11.7 Å². The number of nitrogens with zero attached hydrogens (tertiary/aromatic N) is 4. The van der Waals surface area contributed by atoms with E-state index in [1.165, 1.54) is 23.5 Å². The minimum atomic E-state index is -0.839. The smallest absolute Gasteiger partial charge is 0.261 e. The SMILES string of the molecule is CNC(=O)c1ccc(-c2cnc3ccc(-c4cn(C(c5ccccc5)(c5ccccc5)c5ccccc5)nc4-c4ccc(F)cc4)cn23)s1. The molecule has 0 atom stereocenters. The first-order valence-corrected chi connectivity index (χ1v) is 16.7. The average molecular weight is 660 g/mol. The second-order valence-corrected chi connectivity index (χ2v) is 12.8. The van der Waals surface area contributed by atoms with E-state index in [9.17, 15) is 9.18 Å². The minimum absolute atomic E-state index is 0.124. The Morgan fingerprint density at radius 3 is 1.90 bits per heavy atom. The van der Waals surface area contributed by atoms with Gasteiger partial charge < -0.3 is 5.32 Å². The van der Waals surface area contributed by atoms with Gasteiger partial charge in [0.2, 0.25) is 0 Å². The van der Waals surface area contributed by atoms with Crippen LogP contribution in [0.15, 0.2) is 158 Å². The van der Waals surface area contributed by atoms with E-state index in [0.29, 0.717) is 10.6 Å². The Morgan fingerprint density at radius 2 is 1.31 bits per heavy atom. The standard InChI is InChI=1S/C41H30FN5OS/c1-43-40(48)37-23-22-36(49-37)35-25-44-38-24-19-29(26-46(35)38)34-27-47(45-39(34)28-17-20-33(42)21-18-28)41(30-11-5-2-6-12-30,31-13-7-3-8-14-31)32-15-9-4-10-16-32/h2-27H,1H3,(H,43,48). The number of aromatic nitrogens is 4. The van der Waals surface area contributed by atoms with Crippen molar-refractivity contribution >= 4 is 22.9 Å². The van der Waals surface area contributed by atoms with Gasteiger partial charge >= 0.3 is 0 Å². The number of carbonyl (C=O) groups excluding carboxylic acids is 1. The van der Waals surface area contributed by atoms with E-state index in [1.54, 1.807) is 19.2 Å². The molecule has 49 heavy (non-hydrogen) atoms. The van der Waals surface area contributed by atoms with Gasteiger partial charge in [-0.1, -0.05) is 91.0 Å². The number of hydrogen-bond donors (Lipinski definition) is 1. The number of pyridine rings is 1. The second kappa shape index (κ2) is 12.5. The lowest BCUT2D eigenvalue weighted by atomic mass is 9.77. The van der Waals surface area contributed by atoms with E-state index >= 15 is 0 Å². The Morgan fingerprint density at radius 1 is 0.714 bits per heavy atom. The van der Waals surface area contributed by atoms with Crippen molar-refractivity contribution in [1.82, 2.24) is 24.5 Å². The fourth-order valence-electron chi connectivity index (χ4n) is 6.56. The van der Waals surface area contributed by atoms with Gasteiger partial charge in [0.15, 0.2) is 0 Å². The number of rotatable bonds is 8. The number of halogens is 1. The summed E-state index contributed by atoms with van der Waals surface area (Å²) in [6, 6.07) is 45.5. The normalized spacial score (nSPS) is 11.6. The van der Waals surface area contributed by atoms with Gasteiger partial charge in [0, 0.05) is 36.1 Å². The highest BCUT2D eigenvalue weighted by molar-refractivity contribution is 7.17. The summed E-state index contributed by atoms with van der Waals surface area (Å²) in [7, 11) is 1.63. The molecule has 0 fully saturated rings. The van der Waals surface area contributed by atoms with Gasteiger partial charge in [0.05, 0.1) is 21.6 Å². The fourth-order valence-corrected chi connectivity index (χ4v) is 7.52. The van der Waals surface area contributed by atoms with Crippen LogP contribution in [0.4, 0.5) is 4.39 Å². The Balaban J connectivity index is 1.39. The number of hydrogen-bond acceptors (Lipinski definition) is 4. The van der Waals surface area contributed by atoms with Crippen LogP contribution in [0.5, 0.6) is 0 Å². The summed E-state index contributed by atoms with van der Waals surface area (Å²) in [6.45, 7) is 0. The van der Waals surface area contributed by atoms with E-state index in [0.717, 1.165) is 49.6 Å². The molecule has 0 aliphatic carbocycles. The summed E-state index contributed by atoms with van der Waals surface area (Å²) in [4.78, 5) is 18.5. The summed E-state index contributed by atoms with van der Waals surface area (Å²) >= 11 is 1.42. The maximum absolute atomic E-state index is 14.2. The summed E-state index contributed by atoms with van der Waals surface area (Å²) in [5, 5.41) is 8.09. The van der Waals surface area contributed by atoms with Gasteiger partial charge in [-0.25, -0.2) is 9.37 Å². The number of benzene rings is 4. The zero-order valence-corrected chi connectivity index (χ0v) is 27.3. The largest absolute Gasteiger partial charge is 0.354 e. The van der Waals surface area contributed by atoms with Gasteiger partial charge in [-0.15, -0.1) is 11.3 Å². The molecule has 238 valence electrons.